The summed E-state index contributed by atoms with van der Waals surface area (Å²) in [7, 11) is -2.76. The van der Waals surface area contributed by atoms with Crippen LogP contribution in [0, 0.1) is 0 Å². The van der Waals surface area contributed by atoms with Crippen LogP contribution in [0.5, 0.6) is 0 Å². The fourth-order valence-electron chi connectivity index (χ4n) is 4.65. The molecular formula is C13H36BSi3-. The Morgan fingerprint density at radius 1 is 0.529 bits per heavy atom. The van der Waals surface area contributed by atoms with Crippen molar-refractivity contribution in [3.63, 3.8) is 0 Å². The Hall–Kier alpha value is 0.716. The molecule has 0 N–H and O–H groups in total. The van der Waals surface area contributed by atoms with E-state index in [1.807, 2.05) is 0 Å². The maximum absolute atomic E-state index is 2.66. The molecule has 0 fully saturated rings. The highest BCUT2D eigenvalue weighted by atomic mass is 28.3. The summed E-state index contributed by atoms with van der Waals surface area (Å²) in [6.45, 7) is 25.7. The van der Waals surface area contributed by atoms with Crippen LogP contribution in [0.4, 0.5) is 0 Å². The minimum atomic E-state index is -0.920. The van der Waals surface area contributed by atoms with Crippen LogP contribution in [0.3, 0.4) is 0 Å². The van der Waals surface area contributed by atoms with E-state index in [-0.39, 0.29) is 6.15 Å². The van der Waals surface area contributed by atoms with Crippen LogP contribution in [0.1, 0.15) is 0 Å². The molecule has 104 valence electrons. The van der Waals surface area contributed by atoms with Gasteiger partial charge >= 0.3 is 0 Å². The van der Waals surface area contributed by atoms with E-state index in [0.717, 1.165) is 0 Å². The van der Waals surface area contributed by atoms with Crippen molar-refractivity contribution in [1.29, 1.82) is 0 Å². The van der Waals surface area contributed by atoms with E-state index < -0.39 is 24.2 Å². The van der Waals surface area contributed by atoms with Gasteiger partial charge in [0, 0.05) is 24.2 Å². The minimum absolute atomic E-state index is 0.0856. The predicted octanol–water partition coefficient (Wildman–Crippen LogP) is 5.70. The van der Waals surface area contributed by atoms with E-state index in [1.165, 1.54) is 0 Å². The molecule has 0 aliphatic carbocycles. The van der Waals surface area contributed by atoms with Crippen molar-refractivity contribution < 1.29 is 0 Å². The van der Waals surface area contributed by atoms with Gasteiger partial charge in [0.1, 0.15) is 0 Å². The van der Waals surface area contributed by atoms with Crippen LogP contribution in [-0.2, 0) is 0 Å². The van der Waals surface area contributed by atoms with E-state index in [0.29, 0.717) is 0 Å². The van der Waals surface area contributed by atoms with Gasteiger partial charge in [-0.2, -0.15) is 24.7 Å². The Balaban J connectivity index is 4.95. The lowest BCUT2D eigenvalue weighted by Crippen LogP contribution is -2.49. The number of hydrogen-bond acceptors (Lipinski definition) is 0. The van der Waals surface area contributed by atoms with Crippen LogP contribution in [0.15, 0.2) is 0 Å². The molecule has 0 aliphatic rings. The molecule has 0 aromatic heterocycles. The third-order valence-electron chi connectivity index (χ3n) is 3.32. The highest BCUT2D eigenvalue weighted by molar-refractivity contribution is 7.07. The largest absolute Gasteiger partial charge is 0.191 e. The molecule has 0 saturated heterocycles. The Bertz CT molecular complexity index is 202. The van der Waals surface area contributed by atoms with Gasteiger partial charge in [0.2, 0.25) is 0 Å². The van der Waals surface area contributed by atoms with Gasteiger partial charge in [0.15, 0.2) is 0 Å². The van der Waals surface area contributed by atoms with E-state index in [2.05, 4.69) is 65.7 Å². The monoisotopic (exact) mass is 287 g/mol. The summed E-state index contributed by atoms with van der Waals surface area (Å²) in [6.07, 6.45) is -0.0856. The van der Waals surface area contributed by atoms with Crippen molar-refractivity contribution in [1.82, 2.24) is 0 Å². The summed E-state index contributed by atoms with van der Waals surface area (Å²) in [5.74, 6) is 4.75. The highest BCUT2D eigenvalue weighted by Crippen LogP contribution is 2.34. The molecule has 0 radical (unpaired) electrons. The number of hydrogen-bond donors (Lipinski definition) is 0. The normalized spacial score (nSPS) is 15.2. The van der Waals surface area contributed by atoms with Gasteiger partial charge in [0.05, 0.1) is 0 Å². The molecule has 0 spiro atoms. The van der Waals surface area contributed by atoms with Crippen LogP contribution < -0.4 is 0 Å². The van der Waals surface area contributed by atoms with Gasteiger partial charge in [-0.3, -0.25) is 0 Å². The minimum Gasteiger partial charge on any atom is -0.191 e. The quantitative estimate of drug-likeness (QED) is 0.550. The first-order chi connectivity index (χ1) is 7.12. The average Bonchev–Trinajstić information content (AvgIpc) is 1.65. The summed E-state index contributed by atoms with van der Waals surface area (Å²) in [5.41, 5.74) is 0. The Labute approximate surface area is 114 Å². The third-order valence-corrected chi connectivity index (χ3v) is 9.95. The van der Waals surface area contributed by atoms with E-state index in [1.54, 1.807) is 17.8 Å². The van der Waals surface area contributed by atoms with Gasteiger partial charge in [0.25, 0.3) is 0 Å². The van der Waals surface area contributed by atoms with Crippen molar-refractivity contribution in [3.8, 4) is 0 Å². The fourth-order valence-corrected chi connectivity index (χ4v) is 15.3. The summed E-state index contributed by atoms with van der Waals surface area (Å²) in [5, 5.41) is 0. The van der Waals surface area contributed by atoms with Gasteiger partial charge in [-0.25, -0.2) is 0 Å². The summed E-state index contributed by atoms with van der Waals surface area (Å²) < 4.78 is 0. The zero-order chi connectivity index (χ0) is 14.1. The van der Waals surface area contributed by atoms with Crippen molar-refractivity contribution >= 4 is 30.4 Å². The first-order valence-corrected chi connectivity index (χ1v) is 18.5. The van der Waals surface area contributed by atoms with Gasteiger partial charge < -0.3 is 0 Å². The second-order valence-electron chi connectivity index (χ2n) is 10.4. The molecule has 0 atom stereocenters. The smallest absolute Gasteiger partial charge is 0.00983 e. The molecular weight excluding hydrogens is 251 g/mol. The second-order valence-corrected chi connectivity index (χ2v) is 27.0. The molecule has 0 saturated carbocycles. The van der Waals surface area contributed by atoms with Crippen molar-refractivity contribution in [2.24, 2.45) is 0 Å². The molecule has 0 aliphatic heterocycles. The Morgan fingerprint density at radius 2 is 0.706 bits per heavy atom. The van der Waals surface area contributed by atoms with E-state index >= 15 is 0 Å². The summed E-state index contributed by atoms with van der Waals surface area (Å²) in [4.78, 5) is 0. The van der Waals surface area contributed by atoms with Crippen LogP contribution in [0.2, 0.25) is 83.6 Å². The van der Waals surface area contributed by atoms with Gasteiger partial charge in [-0.1, -0.05) is 58.9 Å². The van der Waals surface area contributed by atoms with Crippen LogP contribution in [-0.4, -0.2) is 30.4 Å². The predicted molar refractivity (Wildman–Crippen MR) is 96.1 cm³/mol. The lowest BCUT2D eigenvalue weighted by atomic mass is 9.31. The van der Waals surface area contributed by atoms with Crippen LogP contribution in [0.25, 0.3) is 0 Å². The summed E-state index contributed by atoms with van der Waals surface area (Å²) in [6, 6.07) is 0. The Morgan fingerprint density at radius 3 is 0.824 bits per heavy atom. The van der Waals surface area contributed by atoms with E-state index in [9.17, 15) is 0 Å². The first-order valence-electron chi connectivity index (χ1n) is 7.36. The first kappa shape index (κ1) is 17.7. The fraction of sp³-hybridized carbons (Fsp3) is 1.00. The van der Waals surface area contributed by atoms with E-state index in [4.69, 9.17) is 0 Å². The molecule has 0 rings (SSSR count). The van der Waals surface area contributed by atoms with Gasteiger partial charge in [-0.05, 0) is 6.15 Å². The summed E-state index contributed by atoms with van der Waals surface area (Å²) >= 11 is 0. The molecule has 0 amide bonds. The van der Waals surface area contributed by atoms with Crippen molar-refractivity contribution in [3.05, 3.63) is 0 Å². The highest BCUT2D eigenvalue weighted by Gasteiger charge is 2.33. The molecule has 0 unspecified atom stereocenters. The molecule has 0 heterocycles. The van der Waals surface area contributed by atoms with Crippen molar-refractivity contribution in [2.45, 2.75) is 83.6 Å². The second kappa shape index (κ2) is 5.37. The molecule has 0 bridgehead atoms. The topological polar surface area (TPSA) is 0 Å². The molecule has 0 aromatic rings. The standard InChI is InChI=1S/C13H36BSi3/c1-14(11-15(2,3)4,12-16(5,6)7)13-17(8,9)10/h11-13H2,1-10H3/q-1. The maximum Gasteiger partial charge on any atom is 0.00983 e. The zero-order valence-corrected chi connectivity index (χ0v) is 17.2. The van der Waals surface area contributed by atoms with Crippen molar-refractivity contribution in [2.75, 3.05) is 0 Å². The molecule has 0 aromatic carbocycles. The lowest BCUT2D eigenvalue weighted by molar-refractivity contribution is 1.39. The molecule has 4 heteroatoms. The molecule has 17 heavy (non-hydrogen) atoms. The lowest BCUT2D eigenvalue weighted by Gasteiger charge is -2.47. The molecule has 0 nitrogen and oxygen atoms in total. The SMILES string of the molecule is C[B-](C[Si](C)(C)C)(C[Si](C)(C)C)C[Si](C)(C)C. The number of rotatable bonds is 6. The van der Waals surface area contributed by atoms with Crippen LogP contribution >= 0.6 is 0 Å². The Kier molecular flexibility index (Phi) is 5.60. The average molecular weight is 288 g/mol. The zero-order valence-electron chi connectivity index (χ0n) is 14.2. The van der Waals surface area contributed by atoms with Gasteiger partial charge in [-0.15, -0.1) is 0 Å². The maximum atomic E-state index is 2.66. The third kappa shape index (κ3) is 10.3.